The van der Waals surface area contributed by atoms with Crippen LogP contribution in [0.1, 0.15) is 25.0 Å². The van der Waals surface area contributed by atoms with Gasteiger partial charge in [-0.2, -0.15) is 0 Å². The zero-order valence-corrected chi connectivity index (χ0v) is 19.7. The Balaban J connectivity index is 2.38. The van der Waals surface area contributed by atoms with E-state index >= 15 is 0 Å². The number of sulfonamides is 1. The van der Waals surface area contributed by atoms with Crippen molar-refractivity contribution >= 4 is 39.1 Å². The highest BCUT2D eigenvalue weighted by molar-refractivity contribution is 7.92. The van der Waals surface area contributed by atoms with Crippen LogP contribution in [-0.4, -0.2) is 50.5 Å². The Morgan fingerprint density at radius 3 is 2.26 bits per heavy atom. The van der Waals surface area contributed by atoms with Gasteiger partial charge in [-0.15, -0.1) is 0 Å². The molecule has 0 saturated heterocycles. The molecule has 168 valence electrons. The summed E-state index contributed by atoms with van der Waals surface area (Å²) in [5.41, 5.74) is 1.92. The zero-order valence-electron chi connectivity index (χ0n) is 18.1. The third kappa shape index (κ3) is 6.70. The standard InChI is InChI=1S/C22H28ClN3O4S/c1-5-24-22(28)17(3)25(14-18-10-12-19(23)13-11-18)21(27)15-26(31(4,29)30)20-9-7-6-8-16(20)2/h6-13,17H,5,14-15H2,1-4H3,(H,24,28). The first-order chi connectivity index (χ1) is 14.5. The summed E-state index contributed by atoms with van der Waals surface area (Å²) in [6.07, 6.45) is 1.06. The highest BCUT2D eigenvalue weighted by atomic mass is 35.5. The van der Waals surface area contributed by atoms with E-state index in [0.717, 1.165) is 21.7 Å². The van der Waals surface area contributed by atoms with Crippen molar-refractivity contribution in [2.75, 3.05) is 23.7 Å². The average molecular weight is 466 g/mol. The van der Waals surface area contributed by atoms with Gasteiger partial charge in [-0.1, -0.05) is 41.9 Å². The molecule has 7 nitrogen and oxygen atoms in total. The number of amides is 2. The Morgan fingerprint density at radius 2 is 1.71 bits per heavy atom. The molecule has 31 heavy (non-hydrogen) atoms. The van der Waals surface area contributed by atoms with E-state index in [2.05, 4.69) is 5.32 Å². The molecule has 0 aliphatic carbocycles. The van der Waals surface area contributed by atoms with Crippen molar-refractivity contribution in [3.8, 4) is 0 Å². The Hall–Kier alpha value is -2.58. The highest BCUT2D eigenvalue weighted by Crippen LogP contribution is 2.23. The van der Waals surface area contributed by atoms with E-state index in [-0.39, 0.29) is 12.5 Å². The van der Waals surface area contributed by atoms with Gasteiger partial charge in [0.05, 0.1) is 11.9 Å². The van der Waals surface area contributed by atoms with E-state index in [9.17, 15) is 18.0 Å². The lowest BCUT2D eigenvalue weighted by molar-refractivity contribution is -0.139. The highest BCUT2D eigenvalue weighted by Gasteiger charge is 2.30. The second-order valence-corrected chi connectivity index (χ2v) is 9.62. The first-order valence-electron chi connectivity index (χ1n) is 9.89. The third-order valence-corrected chi connectivity index (χ3v) is 6.23. The van der Waals surface area contributed by atoms with E-state index in [1.165, 1.54) is 4.90 Å². The summed E-state index contributed by atoms with van der Waals surface area (Å²) < 4.78 is 26.1. The molecule has 2 amide bonds. The van der Waals surface area contributed by atoms with Crippen LogP contribution in [-0.2, 0) is 26.2 Å². The maximum absolute atomic E-state index is 13.3. The van der Waals surface area contributed by atoms with E-state index in [1.54, 1.807) is 69.3 Å². The van der Waals surface area contributed by atoms with Crippen LogP contribution >= 0.6 is 11.6 Å². The summed E-state index contributed by atoms with van der Waals surface area (Å²) in [5.74, 6) is -0.797. The number of aryl methyl sites for hydroxylation is 1. The predicted octanol–water partition coefficient (Wildman–Crippen LogP) is 2.97. The van der Waals surface area contributed by atoms with E-state index in [1.807, 2.05) is 0 Å². The number of nitrogens with zero attached hydrogens (tertiary/aromatic N) is 2. The van der Waals surface area contributed by atoms with Gasteiger partial charge < -0.3 is 10.2 Å². The molecule has 0 aromatic heterocycles. The molecule has 0 aliphatic rings. The fourth-order valence-electron chi connectivity index (χ4n) is 3.13. The lowest BCUT2D eigenvalue weighted by Gasteiger charge is -2.31. The molecule has 2 aromatic carbocycles. The first-order valence-corrected chi connectivity index (χ1v) is 12.1. The molecule has 1 N–H and O–H groups in total. The van der Waals surface area contributed by atoms with Gasteiger partial charge in [0.1, 0.15) is 12.6 Å². The van der Waals surface area contributed by atoms with Crippen LogP contribution in [0.25, 0.3) is 0 Å². The van der Waals surface area contributed by atoms with Crippen molar-refractivity contribution in [2.45, 2.75) is 33.4 Å². The topological polar surface area (TPSA) is 86.8 Å². The molecule has 0 aliphatic heterocycles. The average Bonchev–Trinajstić information content (AvgIpc) is 2.71. The Bertz CT molecular complexity index is 1030. The van der Waals surface area contributed by atoms with Gasteiger partial charge in [0.2, 0.25) is 21.8 Å². The molecule has 0 radical (unpaired) electrons. The molecule has 0 spiro atoms. The number of carbonyl (C=O) groups is 2. The maximum Gasteiger partial charge on any atom is 0.244 e. The van der Waals surface area contributed by atoms with Gasteiger partial charge >= 0.3 is 0 Å². The van der Waals surface area contributed by atoms with E-state index in [0.29, 0.717) is 17.3 Å². The van der Waals surface area contributed by atoms with Crippen LogP contribution in [0.4, 0.5) is 5.69 Å². The number of halogens is 1. The molecule has 1 atom stereocenters. The van der Waals surface area contributed by atoms with Gasteiger partial charge in [-0.05, 0) is 50.1 Å². The fourth-order valence-corrected chi connectivity index (χ4v) is 4.16. The van der Waals surface area contributed by atoms with E-state index < -0.39 is 28.5 Å². The Labute approximate surface area is 189 Å². The number of benzene rings is 2. The van der Waals surface area contributed by atoms with E-state index in [4.69, 9.17) is 11.6 Å². The molecule has 0 bridgehead atoms. The minimum absolute atomic E-state index is 0.139. The SMILES string of the molecule is CCNC(=O)C(C)N(Cc1ccc(Cl)cc1)C(=O)CN(c1ccccc1C)S(C)(=O)=O. The van der Waals surface area contributed by atoms with Gasteiger partial charge in [-0.3, -0.25) is 13.9 Å². The summed E-state index contributed by atoms with van der Waals surface area (Å²) in [5, 5.41) is 3.27. The number of para-hydroxylation sites is 1. The van der Waals surface area contributed by atoms with Crippen molar-refractivity contribution in [1.82, 2.24) is 10.2 Å². The number of nitrogens with one attached hydrogen (secondary N) is 1. The molecular weight excluding hydrogens is 438 g/mol. The maximum atomic E-state index is 13.3. The predicted molar refractivity (Wildman–Crippen MR) is 124 cm³/mol. The van der Waals surface area contributed by atoms with Crippen molar-refractivity contribution in [3.05, 3.63) is 64.7 Å². The van der Waals surface area contributed by atoms with Crippen molar-refractivity contribution in [3.63, 3.8) is 0 Å². The quantitative estimate of drug-likeness (QED) is 0.616. The van der Waals surface area contributed by atoms with Crippen LogP contribution in [0.5, 0.6) is 0 Å². The smallest absolute Gasteiger partial charge is 0.244 e. The Morgan fingerprint density at radius 1 is 1.10 bits per heavy atom. The van der Waals surface area contributed by atoms with Crippen LogP contribution < -0.4 is 9.62 Å². The van der Waals surface area contributed by atoms with Gasteiger partial charge in [0.25, 0.3) is 0 Å². The van der Waals surface area contributed by atoms with Crippen LogP contribution in [0.2, 0.25) is 5.02 Å². The van der Waals surface area contributed by atoms with Gasteiger partial charge in [-0.25, -0.2) is 8.42 Å². The van der Waals surface area contributed by atoms with Crippen LogP contribution in [0.15, 0.2) is 48.5 Å². The minimum atomic E-state index is -3.74. The fraction of sp³-hybridized carbons (Fsp3) is 0.364. The monoisotopic (exact) mass is 465 g/mol. The summed E-state index contributed by atoms with van der Waals surface area (Å²) >= 11 is 5.95. The van der Waals surface area contributed by atoms with Gasteiger partial charge in [0, 0.05) is 18.1 Å². The molecule has 9 heteroatoms. The van der Waals surface area contributed by atoms with Gasteiger partial charge in [0.15, 0.2) is 0 Å². The third-order valence-electron chi connectivity index (χ3n) is 4.85. The molecule has 0 fully saturated rings. The molecule has 0 heterocycles. The van der Waals surface area contributed by atoms with Crippen LogP contribution in [0, 0.1) is 6.92 Å². The molecule has 1 unspecified atom stereocenters. The lowest BCUT2D eigenvalue weighted by atomic mass is 10.1. The molecule has 0 saturated carbocycles. The summed E-state index contributed by atoms with van der Waals surface area (Å²) in [7, 11) is -3.74. The first kappa shape index (κ1) is 24.7. The Kier molecular flexibility index (Phi) is 8.47. The lowest BCUT2D eigenvalue weighted by Crippen LogP contribution is -2.51. The number of anilines is 1. The number of hydrogen-bond acceptors (Lipinski definition) is 4. The second-order valence-electron chi connectivity index (χ2n) is 7.27. The van der Waals surface area contributed by atoms with Crippen molar-refractivity contribution < 1.29 is 18.0 Å². The second kappa shape index (κ2) is 10.6. The van der Waals surface area contributed by atoms with Crippen LogP contribution in [0.3, 0.4) is 0 Å². The minimum Gasteiger partial charge on any atom is -0.355 e. The zero-order chi connectivity index (χ0) is 23.2. The number of likely N-dealkylation sites (N-methyl/N-ethyl adjacent to an activating group) is 1. The van der Waals surface area contributed by atoms with Crippen molar-refractivity contribution in [1.29, 1.82) is 0 Å². The normalized spacial score (nSPS) is 12.2. The molecule has 2 rings (SSSR count). The number of carbonyl (C=O) groups excluding carboxylic acids is 2. The summed E-state index contributed by atoms with van der Waals surface area (Å²) in [6.45, 7) is 5.34. The van der Waals surface area contributed by atoms with Crippen molar-refractivity contribution in [2.24, 2.45) is 0 Å². The summed E-state index contributed by atoms with van der Waals surface area (Å²) in [6, 6.07) is 13.1. The number of rotatable bonds is 9. The summed E-state index contributed by atoms with van der Waals surface area (Å²) in [4.78, 5) is 27.2. The number of hydrogen-bond donors (Lipinski definition) is 1. The largest absolute Gasteiger partial charge is 0.355 e. The molecular formula is C22H28ClN3O4S. The molecule has 2 aromatic rings.